The van der Waals surface area contributed by atoms with Crippen molar-refractivity contribution in [3.63, 3.8) is 0 Å². The van der Waals surface area contributed by atoms with Crippen LogP contribution in [0.2, 0.25) is 0 Å². The number of methoxy groups -OCH3 is 1. The van der Waals surface area contributed by atoms with Gasteiger partial charge in [0, 0.05) is 5.92 Å². The Hall–Kier alpha value is -2.67. The quantitative estimate of drug-likeness (QED) is 0.633. The van der Waals surface area contributed by atoms with Gasteiger partial charge in [-0.1, -0.05) is 36.8 Å². The molecule has 2 aromatic carbocycles. The van der Waals surface area contributed by atoms with Crippen LogP contribution in [0.4, 0.5) is 10.1 Å². The largest absolute Gasteiger partial charge is 0.465 e. The Morgan fingerprint density at radius 2 is 1.93 bits per heavy atom. The lowest BCUT2D eigenvalue weighted by Gasteiger charge is -2.26. The number of rotatable bonds is 4. The average Bonchev–Trinajstić information content (AvgIpc) is 2.64. The van der Waals surface area contributed by atoms with Crippen molar-refractivity contribution in [1.82, 2.24) is 0 Å². The third-order valence-corrected chi connectivity index (χ3v) is 6.25. The van der Waals surface area contributed by atoms with Gasteiger partial charge < -0.3 is 4.74 Å². The first kappa shape index (κ1) is 19.1. The molecule has 0 saturated carbocycles. The molecular formula is C20H20FNO4S. The standard InChI is InChI=1S/C20H20FNO4S/c1-12-8-9-14-10-11-16(19(20(23)26-3)18(14)13(12)2)22-27(24,25)17-7-5-4-6-15(17)21/h4-8,10-11,13,22H,9H2,1-3H3. The van der Waals surface area contributed by atoms with Gasteiger partial charge in [-0.25, -0.2) is 17.6 Å². The number of carbonyl (C=O) groups is 1. The van der Waals surface area contributed by atoms with Gasteiger partial charge in [-0.3, -0.25) is 4.72 Å². The van der Waals surface area contributed by atoms with Crippen molar-refractivity contribution in [3.8, 4) is 0 Å². The molecule has 142 valence electrons. The molecule has 0 radical (unpaired) electrons. The lowest BCUT2D eigenvalue weighted by atomic mass is 9.80. The number of nitrogens with one attached hydrogen (secondary N) is 1. The molecule has 0 bridgehead atoms. The zero-order valence-electron chi connectivity index (χ0n) is 15.2. The zero-order chi connectivity index (χ0) is 19.8. The van der Waals surface area contributed by atoms with Crippen LogP contribution >= 0.6 is 0 Å². The predicted octanol–water partition coefficient (Wildman–Crippen LogP) is 4.02. The van der Waals surface area contributed by atoms with Gasteiger partial charge in [0.1, 0.15) is 10.7 Å². The van der Waals surface area contributed by atoms with Crippen molar-refractivity contribution in [3.05, 3.63) is 70.6 Å². The maximum absolute atomic E-state index is 14.0. The van der Waals surface area contributed by atoms with Crippen molar-refractivity contribution < 1.29 is 22.3 Å². The van der Waals surface area contributed by atoms with Crippen LogP contribution < -0.4 is 4.72 Å². The maximum Gasteiger partial charge on any atom is 0.340 e. The normalized spacial score (nSPS) is 16.3. The SMILES string of the molecule is COC(=O)c1c(NS(=O)(=O)c2ccccc2F)ccc2c1C(C)C(C)=CC2. The Balaban J connectivity index is 2.15. The number of benzene rings is 2. The van der Waals surface area contributed by atoms with Crippen LogP contribution in [-0.2, 0) is 21.2 Å². The zero-order valence-corrected chi connectivity index (χ0v) is 16.1. The predicted molar refractivity (Wildman–Crippen MR) is 101 cm³/mol. The molecule has 2 aromatic rings. The lowest BCUT2D eigenvalue weighted by molar-refractivity contribution is 0.0600. The van der Waals surface area contributed by atoms with E-state index < -0.39 is 26.7 Å². The topological polar surface area (TPSA) is 72.5 Å². The highest BCUT2D eigenvalue weighted by Gasteiger charge is 2.29. The highest BCUT2D eigenvalue weighted by Crippen LogP contribution is 2.38. The number of esters is 1. The molecule has 7 heteroatoms. The highest BCUT2D eigenvalue weighted by molar-refractivity contribution is 7.92. The van der Waals surface area contributed by atoms with Crippen molar-refractivity contribution in [1.29, 1.82) is 0 Å². The van der Waals surface area contributed by atoms with E-state index >= 15 is 0 Å². The molecule has 0 amide bonds. The summed E-state index contributed by atoms with van der Waals surface area (Å²) in [6.07, 6.45) is 2.73. The van der Waals surface area contributed by atoms with Gasteiger partial charge in [0.15, 0.2) is 0 Å². The fourth-order valence-electron chi connectivity index (χ4n) is 3.28. The lowest BCUT2D eigenvalue weighted by Crippen LogP contribution is -2.21. The van der Waals surface area contributed by atoms with Crippen LogP contribution in [0, 0.1) is 5.82 Å². The van der Waals surface area contributed by atoms with E-state index in [-0.39, 0.29) is 17.2 Å². The molecular weight excluding hydrogens is 369 g/mol. The number of carbonyl (C=O) groups excluding carboxylic acids is 1. The summed E-state index contributed by atoms with van der Waals surface area (Å²) in [7, 11) is -2.97. The van der Waals surface area contributed by atoms with Crippen molar-refractivity contribution in [2.75, 3.05) is 11.8 Å². The number of halogens is 1. The first-order chi connectivity index (χ1) is 12.8. The smallest absolute Gasteiger partial charge is 0.340 e. The number of fused-ring (bicyclic) bond motifs is 1. The van der Waals surface area contributed by atoms with E-state index in [1.165, 1.54) is 31.4 Å². The van der Waals surface area contributed by atoms with Gasteiger partial charge in [-0.15, -0.1) is 0 Å². The minimum absolute atomic E-state index is 0.0687. The molecule has 0 aliphatic heterocycles. The van der Waals surface area contributed by atoms with E-state index in [4.69, 9.17) is 4.74 Å². The first-order valence-electron chi connectivity index (χ1n) is 8.44. The molecule has 1 unspecified atom stereocenters. The van der Waals surface area contributed by atoms with E-state index in [1.807, 2.05) is 13.8 Å². The molecule has 1 atom stereocenters. The van der Waals surface area contributed by atoms with E-state index in [2.05, 4.69) is 10.8 Å². The monoisotopic (exact) mass is 389 g/mol. The van der Waals surface area contributed by atoms with Gasteiger partial charge >= 0.3 is 5.97 Å². The van der Waals surface area contributed by atoms with Gasteiger partial charge in [-0.2, -0.15) is 0 Å². The number of sulfonamides is 1. The van der Waals surface area contributed by atoms with Crippen LogP contribution in [-0.4, -0.2) is 21.5 Å². The Labute approximate surface area is 157 Å². The highest BCUT2D eigenvalue weighted by atomic mass is 32.2. The van der Waals surface area contributed by atoms with E-state index in [9.17, 15) is 17.6 Å². The summed E-state index contributed by atoms with van der Waals surface area (Å²) in [5.41, 5.74) is 2.99. The molecule has 0 spiro atoms. The number of ether oxygens (including phenoxy) is 1. The molecule has 0 saturated heterocycles. The van der Waals surface area contributed by atoms with Crippen molar-refractivity contribution in [2.45, 2.75) is 31.1 Å². The molecule has 1 aliphatic rings. The Bertz CT molecular complexity index is 1040. The second-order valence-corrected chi connectivity index (χ2v) is 8.11. The molecule has 5 nitrogen and oxygen atoms in total. The van der Waals surface area contributed by atoms with Crippen LogP contribution in [0.1, 0.15) is 41.3 Å². The number of anilines is 1. The van der Waals surface area contributed by atoms with Crippen LogP contribution in [0.3, 0.4) is 0 Å². The van der Waals surface area contributed by atoms with Gasteiger partial charge in [0.2, 0.25) is 0 Å². The summed E-state index contributed by atoms with van der Waals surface area (Å²) in [5.74, 6) is -1.57. The maximum atomic E-state index is 14.0. The van der Waals surface area contributed by atoms with E-state index in [0.29, 0.717) is 6.42 Å². The molecule has 0 fully saturated rings. The second kappa shape index (κ2) is 7.15. The summed E-state index contributed by atoms with van der Waals surface area (Å²) < 4.78 is 46.6. The third-order valence-electron chi connectivity index (χ3n) is 4.86. The Kier molecular flexibility index (Phi) is 5.06. The Morgan fingerprint density at radius 1 is 1.22 bits per heavy atom. The molecule has 1 N–H and O–H groups in total. The van der Waals surface area contributed by atoms with Crippen LogP contribution in [0.25, 0.3) is 0 Å². The summed E-state index contributed by atoms with van der Waals surface area (Å²) in [4.78, 5) is 12.0. The Morgan fingerprint density at radius 3 is 2.59 bits per heavy atom. The minimum atomic E-state index is -4.21. The number of hydrogen-bond donors (Lipinski definition) is 1. The van der Waals surface area contributed by atoms with E-state index in [0.717, 1.165) is 22.8 Å². The van der Waals surface area contributed by atoms with Gasteiger partial charge in [0.25, 0.3) is 10.0 Å². The molecule has 0 aromatic heterocycles. The number of hydrogen-bond acceptors (Lipinski definition) is 4. The van der Waals surface area contributed by atoms with Gasteiger partial charge in [0.05, 0.1) is 18.4 Å². The summed E-state index contributed by atoms with van der Waals surface area (Å²) in [6.45, 7) is 3.91. The molecule has 1 aliphatic carbocycles. The number of allylic oxidation sites excluding steroid dienone is 2. The summed E-state index contributed by atoms with van der Waals surface area (Å²) >= 11 is 0. The second-order valence-electron chi connectivity index (χ2n) is 6.46. The summed E-state index contributed by atoms with van der Waals surface area (Å²) in [6, 6.07) is 8.37. The fourth-order valence-corrected chi connectivity index (χ4v) is 4.43. The van der Waals surface area contributed by atoms with Crippen LogP contribution in [0.5, 0.6) is 0 Å². The van der Waals surface area contributed by atoms with Crippen molar-refractivity contribution >= 4 is 21.7 Å². The minimum Gasteiger partial charge on any atom is -0.465 e. The first-order valence-corrected chi connectivity index (χ1v) is 9.92. The van der Waals surface area contributed by atoms with E-state index in [1.54, 1.807) is 6.07 Å². The summed E-state index contributed by atoms with van der Waals surface area (Å²) in [5, 5.41) is 0. The molecule has 3 rings (SSSR count). The van der Waals surface area contributed by atoms with Crippen LogP contribution in [0.15, 0.2) is 52.9 Å². The fraction of sp³-hybridized carbons (Fsp3) is 0.250. The van der Waals surface area contributed by atoms with Crippen molar-refractivity contribution in [2.24, 2.45) is 0 Å². The van der Waals surface area contributed by atoms with Gasteiger partial charge in [-0.05, 0) is 42.7 Å². The average molecular weight is 389 g/mol. The molecule has 0 heterocycles. The molecule has 27 heavy (non-hydrogen) atoms. The third kappa shape index (κ3) is 3.47.